The van der Waals surface area contributed by atoms with E-state index in [9.17, 15) is 10.1 Å². The predicted molar refractivity (Wildman–Crippen MR) is 135 cm³/mol. The first-order valence-electron chi connectivity index (χ1n) is 11.5. The van der Waals surface area contributed by atoms with Crippen LogP contribution in [0.25, 0.3) is 11.3 Å². The number of likely N-dealkylation sites (N-methyl/N-ethyl adjacent to an activating group) is 1. The summed E-state index contributed by atoms with van der Waals surface area (Å²) in [7, 11) is 1.51. The molecule has 2 atom stereocenters. The molecule has 9 nitrogen and oxygen atoms in total. The van der Waals surface area contributed by atoms with E-state index in [1.165, 1.54) is 7.11 Å². The molecule has 0 saturated heterocycles. The number of fused-ring (bicyclic) bond motifs is 1. The van der Waals surface area contributed by atoms with Crippen molar-refractivity contribution in [2.24, 2.45) is 5.92 Å². The van der Waals surface area contributed by atoms with Crippen molar-refractivity contribution in [2.45, 2.75) is 19.8 Å². The van der Waals surface area contributed by atoms with E-state index in [1.807, 2.05) is 26.0 Å². The first-order valence-corrected chi connectivity index (χ1v) is 11.9. The van der Waals surface area contributed by atoms with Gasteiger partial charge in [0.1, 0.15) is 5.92 Å². The number of benzene rings is 2. The average molecular weight is 508 g/mol. The van der Waals surface area contributed by atoms with Gasteiger partial charge in [-0.25, -0.2) is 0 Å². The summed E-state index contributed by atoms with van der Waals surface area (Å²) in [4.78, 5) is 14.1. The largest absolute Gasteiger partial charge is 0.493 e. The van der Waals surface area contributed by atoms with Crippen molar-refractivity contribution in [2.75, 3.05) is 26.8 Å². The molecule has 4 rings (SSSR count). The molecule has 0 aliphatic carbocycles. The van der Waals surface area contributed by atoms with Crippen LogP contribution in [-0.2, 0) is 4.79 Å². The quantitative estimate of drug-likeness (QED) is 0.458. The molecule has 3 aromatic rings. The number of nitriles is 1. The molecule has 1 aliphatic heterocycles. The maximum absolute atomic E-state index is 12.4. The zero-order valence-corrected chi connectivity index (χ0v) is 20.9. The monoisotopic (exact) mass is 507 g/mol. The van der Waals surface area contributed by atoms with Gasteiger partial charge in [-0.2, -0.15) is 5.26 Å². The fourth-order valence-electron chi connectivity index (χ4n) is 4.32. The normalized spacial score (nSPS) is 16.5. The first-order chi connectivity index (χ1) is 17.4. The number of hydrogen-bond acceptors (Lipinski definition) is 7. The third kappa shape index (κ3) is 4.72. The lowest BCUT2D eigenvalue weighted by atomic mass is 9.78. The SMILES string of the molecule is CCN(CC)C(=O)COc1ccc(C2c3c(n[nH]c3-c3ccc(Cl)cc3)OC(=N)C2C#N)cc1OC. The van der Waals surface area contributed by atoms with Crippen LogP contribution in [0.3, 0.4) is 0 Å². The van der Waals surface area contributed by atoms with Gasteiger partial charge in [-0.3, -0.25) is 15.3 Å². The van der Waals surface area contributed by atoms with Crippen molar-refractivity contribution in [3.63, 3.8) is 0 Å². The number of aromatic amines is 1. The van der Waals surface area contributed by atoms with Gasteiger partial charge < -0.3 is 19.1 Å². The summed E-state index contributed by atoms with van der Waals surface area (Å²) >= 11 is 6.06. The van der Waals surface area contributed by atoms with Crippen LogP contribution in [-0.4, -0.2) is 53.7 Å². The van der Waals surface area contributed by atoms with Gasteiger partial charge in [-0.1, -0.05) is 29.8 Å². The van der Waals surface area contributed by atoms with Crippen molar-refractivity contribution in [3.8, 4) is 34.7 Å². The van der Waals surface area contributed by atoms with Gasteiger partial charge in [0.15, 0.2) is 18.1 Å². The maximum atomic E-state index is 12.4. The Labute approximate surface area is 214 Å². The topological polar surface area (TPSA) is 124 Å². The molecule has 0 saturated carbocycles. The molecule has 2 N–H and O–H groups in total. The van der Waals surface area contributed by atoms with Gasteiger partial charge in [0.05, 0.1) is 24.4 Å². The lowest BCUT2D eigenvalue weighted by molar-refractivity contribution is -0.132. The fourth-order valence-corrected chi connectivity index (χ4v) is 4.44. The number of carbonyl (C=O) groups excluding carboxylic acids is 1. The minimum Gasteiger partial charge on any atom is -0.493 e. The van der Waals surface area contributed by atoms with Gasteiger partial charge in [0.2, 0.25) is 11.8 Å². The van der Waals surface area contributed by atoms with Gasteiger partial charge in [-0.15, -0.1) is 5.10 Å². The molecule has 2 unspecified atom stereocenters. The van der Waals surface area contributed by atoms with E-state index in [4.69, 9.17) is 31.2 Å². The second-order valence-electron chi connectivity index (χ2n) is 8.14. The van der Waals surface area contributed by atoms with Crippen LogP contribution in [0.2, 0.25) is 5.02 Å². The molecule has 1 aromatic heterocycles. The predicted octanol–water partition coefficient (Wildman–Crippen LogP) is 4.63. The van der Waals surface area contributed by atoms with Crippen LogP contribution in [0.5, 0.6) is 17.4 Å². The highest BCUT2D eigenvalue weighted by molar-refractivity contribution is 6.30. The minimum absolute atomic E-state index is 0.118. The highest BCUT2D eigenvalue weighted by Crippen LogP contribution is 2.47. The summed E-state index contributed by atoms with van der Waals surface area (Å²) in [5, 5.41) is 26.1. The highest BCUT2D eigenvalue weighted by Gasteiger charge is 2.41. The fraction of sp³-hybridized carbons (Fsp3) is 0.308. The Morgan fingerprint density at radius 3 is 2.58 bits per heavy atom. The van der Waals surface area contributed by atoms with Gasteiger partial charge in [0, 0.05) is 29.6 Å². The molecule has 36 heavy (non-hydrogen) atoms. The van der Waals surface area contributed by atoms with Crippen LogP contribution in [0.4, 0.5) is 0 Å². The Balaban J connectivity index is 1.73. The van der Waals surface area contributed by atoms with Crippen molar-refractivity contribution in [1.29, 1.82) is 10.7 Å². The lowest BCUT2D eigenvalue weighted by Gasteiger charge is -2.28. The van der Waals surface area contributed by atoms with Crippen molar-refractivity contribution in [3.05, 3.63) is 58.6 Å². The molecule has 2 heterocycles. The molecule has 10 heteroatoms. The smallest absolute Gasteiger partial charge is 0.260 e. The zero-order valence-electron chi connectivity index (χ0n) is 20.2. The average Bonchev–Trinajstić information content (AvgIpc) is 3.30. The van der Waals surface area contributed by atoms with Crippen LogP contribution in [0.15, 0.2) is 42.5 Å². The van der Waals surface area contributed by atoms with E-state index >= 15 is 0 Å². The zero-order chi connectivity index (χ0) is 25.8. The second kappa shape index (κ2) is 10.7. The number of halogens is 1. The minimum atomic E-state index is -0.887. The summed E-state index contributed by atoms with van der Waals surface area (Å²) in [5.74, 6) is -0.698. The van der Waals surface area contributed by atoms with Crippen LogP contribution in [0.1, 0.15) is 30.9 Å². The number of ether oxygens (including phenoxy) is 3. The number of aromatic nitrogens is 2. The number of rotatable bonds is 8. The molecule has 186 valence electrons. The third-order valence-corrected chi connectivity index (χ3v) is 6.44. The van der Waals surface area contributed by atoms with Crippen LogP contribution < -0.4 is 14.2 Å². The Morgan fingerprint density at radius 1 is 1.22 bits per heavy atom. The summed E-state index contributed by atoms with van der Waals surface area (Å²) in [6, 6.07) is 14.7. The summed E-state index contributed by atoms with van der Waals surface area (Å²) in [6.07, 6.45) is 0. The number of H-pyrrole nitrogens is 1. The molecule has 0 spiro atoms. The van der Waals surface area contributed by atoms with E-state index in [2.05, 4.69) is 16.3 Å². The van der Waals surface area contributed by atoms with Gasteiger partial charge in [0.25, 0.3) is 5.91 Å². The maximum Gasteiger partial charge on any atom is 0.260 e. The van der Waals surface area contributed by atoms with Crippen molar-refractivity contribution in [1.82, 2.24) is 15.1 Å². The van der Waals surface area contributed by atoms with E-state index < -0.39 is 11.8 Å². The standard InChI is InChI=1S/C26H26ClN5O4/c1-4-32(5-2)21(33)14-35-19-11-8-16(12-20(19)34-3)22-18(13-28)25(29)36-26-23(22)24(30-31-26)15-6-9-17(27)10-7-15/h6-12,18,22,29H,4-5,14H2,1-3H3,(H,30,31). The van der Waals surface area contributed by atoms with Crippen LogP contribution >= 0.6 is 11.6 Å². The number of carbonyl (C=O) groups is 1. The summed E-state index contributed by atoms with van der Waals surface area (Å²) < 4.78 is 16.9. The molecule has 1 amide bonds. The molecule has 2 aromatic carbocycles. The van der Waals surface area contributed by atoms with Crippen LogP contribution in [0, 0.1) is 22.7 Å². The van der Waals surface area contributed by atoms with E-state index in [-0.39, 0.29) is 24.3 Å². The summed E-state index contributed by atoms with van der Waals surface area (Å²) in [5.41, 5.74) is 2.86. The molecule has 0 fully saturated rings. The molecular formula is C26H26ClN5O4. The molecule has 0 bridgehead atoms. The van der Waals surface area contributed by atoms with E-state index in [0.717, 1.165) is 5.56 Å². The Bertz CT molecular complexity index is 1310. The molecule has 0 radical (unpaired) electrons. The van der Waals surface area contributed by atoms with Crippen molar-refractivity contribution < 1.29 is 19.0 Å². The first kappa shape index (κ1) is 25.1. The van der Waals surface area contributed by atoms with Crippen molar-refractivity contribution >= 4 is 23.4 Å². The Kier molecular flexibility index (Phi) is 7.46. The Morgan fingerprint density at radius 2 is 1.94 bits per heavy atom. The third-order valence-electron chi connectivity index (χ3n) is 6.19. The second-order valence-corrected chi connectivity index (χ2v) is 8.58. The summed E-state index contributed by atoms with van der Waals surface area (Å²) in [6.45, 7) is 4.91. The molecule has 1 aliphatic rings. The number of methoxy groups -OCH3 is 1. The Hall–Kier alpha value is -4.03. The van der Waals surface area contributed by atoms with Gasteiger partial charge in [-0.05, 0) is 43.7 Å². The molecular weight excluding hydrogens is 482 g/mol. The number of amides is 1. The van der Waals surface area contributed by atoms with E-state index in [0.29, 0.717) is 46.4 Å². The number of nitrogens with one attached hydrogen (secondary N) is 2. The highest BCUT2D eigenvalue weighted by atomic mass is 35.5. The van der Waals surface area contributed by atoms with E-state index in [1.54, 1.807) is 35.2 Å². The lowest BCUT2D eigenvalue weighted by Crippen LogP contribution is -2.34. The number of nitrogens with zero attached hydrogens (tertiary/aromatic N) is 3. The number of hydrogen-bond donors (Lipinski definition) is 2. The van der Waals surface area contributed by atoms with Gasteiger partial charge >= 0.3 is 0 Å².